The minimum absolute atomic E-state index is 1.19. The van der Waals surface area contributed by atoms with Crippen molar-refractivity contribution in [2.45, 2.75) is 194 Å². The quantitative estimate of drug-likeness (QED) is 0.0701. The highest BCUT2D eigenvalue weighted by molar-refractivity contribution is 4.67. The van der Waals surface area contributed by atoms with Crippen LogP contribution in [0.15, 0.2) is 37.4 Å². The molecular formula is C36H68N4+2. The van der Waals surface area contributed by atoms with Gasteiger partial charge in [0.05, 0.1) is 26.2 Å². The lowest BCUT2D eigenvalue weighted by Crippen LogP contribution is -2.30. The fourth-order valence-corrected chi connectivity index (χ4v) is 5.91. The number of hydrogen-bond acceptors (Lipinski definition) is 0. The summed E-state index contributed by atoms with van der Waals surface area (Å²) in [6.45, 7) is 9.32. The van der Waals surface area contributed by atoms with E-state index in [0.29, 0.717) is 0 Å². The number of unbranched alkanes of at least 4 members (excludes halogenated alkanes) is 21. The third kappa shape index (κ3) is 18.7. The van der Waals surface area contributed by atoms with E-state index in [-0.39, 0.29) is 0 Å². The Morgan fingerprint density at radius 1 is 0.375 bits per heavy atom. The molecule has 0 saturated carbocycles. The molecule has 4 heteroatoms. The maximum atomic E-state index is 2.39. The van der Waals surface area contributed by atoms with Gasteiger partial charge in [0.25, 0.3) is 0 Å². The van der Waals surface area contributed by atoms with Gasteiger partial charge in [-0.2, -0.15) is 0 Å². The largest absolute Gasteiger partial charge is 0.243 e. The van der Waals surface area contributed by atoms with Crippen molar-refractivity contribution < 1.29 is 9.13 Å². The lowest BCUT2D eigenvalue weighted by atomic mass is 10.0. The third-order valence-corrected chi connectivity index (χ3v) is 8.61. The van der Waals surface area contributed by atoms with Crippen LogP contribution in [0.1, 0.15) is 168 Å². The van der Waals surface area contributed by atoms with Crippen molar-refractivity contribution in [3.05, 3.63) is 37.4 Å². The second kappa shape index (κ2) is 25.2. The first-order valence-corrected chi connectivity index (χ1v) is 17.9. The smallest absolute Gasteiger partial charge is 0.237 e. The van der Waals surface area contributed by atoms with Gasteiger partial charge in [-0.05, 0) is 51.4 Å². The summed E-state index contributed by atoms with van der Waals surface area (Å²) >= 11 is 0. The van der Waals surface area contributed by atoms with Crippen molar-refractivity contribution in [1.29, 1.82) is 0 Å². The molecule has 0 saturated heterocycles. The monoisotopic (exact) mass is 557 g/mol. The van der Waals surface area contributed by atoms with Gasteiger partial charge in [-0.3, -0.25) is 0 Å². The van der Waals surface area contributed by atoms with Crippen LogP contribution in [-0.4, -0.2) is 9.13 Å². The van der Waals surface area contributed by atoms with E-state index in [2.05, 4.69) is 69.6 Å². The summed E-state index contributed by atoms with van der Waals surface area (Å²) in [6.07, 6.45) is 47.1. The molecule has 0 radical (unpaired) electrons. The summed E-state index contributed by atoms with van der Waals surface area (Å²) in [7, 11) is 0. The number of aromatic nitrogens is 4. The molecule has 0 bridgehead atoms. The average molecular weight is 557 g/mol. The molecule has 0 aliphatic heterocycles. The first-order chi connectivity index (χ1) is 19.8. The van der Waals surface area contributed by atoms with E-state index in [9.17, 15) is 0 Å². The highest BCUT2D eigenvalue weighted by atomic mass is 15.1. The van der Waals surface area contributed by atoms with Crippen LogP contribution >= 0.6 is 0 Å². The van der Waals surface area contributed by atoms with Gasteiger partial charge in [-0.15, -0.1) is 0 Å². The molecule has 0 aliphatic carbocycles. The normalized spacial score (nSPS) is 11.6. The van der Waals surface area contributed by atoms with Gasteiger partial charge in [0, 0.05) is 0 Å². The van der Waals surface area contributed by atoms with Crippen LogP contribution < -0.4 is 9.13 Å². The van der Waals surface area contributed by atoms with Crippen LogP contribution in [0.2, 0.25) is 0 Å². The van der Waals surface area contributed by atoms with Crippen molar-refractivity contribution in [1.82, 2.24) is 9.13 Å². The van der Waals surface area contributed by atoms with E-state index >= 15 is 0 Å². The fraction of sp³-hybridized carbons (Fsp3) is 0.833. The lowest BCUT2D eigenvalue weighted by molar-refractivity contribution is -0.697. The van der Waals surface area contributed by atoms with Gasteiger partial charge in [-0.25, -0.2) is 18.3 Å². The molecule has 0 fully saturated rings. The molecule has 2 heterocycles. The molecule has 0 amide bonds. The number of imidazole rings is 2. The minimum Gasteiger partial charge on any atom is -0.237 e. The summed E-state index contributed by atoms with van der Waals surface area (Å²) in [5.41, 5.74) is 0. The molecule has 4 nitrogen and oxygen atoms in total. The van der Waals surface area contributed by atoms with Crippen LogP contribution in [0.4, 0.5) is 0 Å². The summed E-state index contributed by atoms with van der Waals surface area (Å²) < 4.78 is 9.53. The van der Waals surface area contributed by atoms with Crippen LogP contribution in [0.5, 0.6) is 0 Å². The van der Waals surface area contributed by atoms with Crippen molar-refractivity contribution in [2.75, 3.05) is 0 Å². The standard InChI is InChI=1S/C36H68N4/c1-3-5-7-19-23-27-37-31-33-39(35-37)29-25-21-17-15-13-11-9-10-12-14-16-18-22-26-30-40-34-32-38(36-40)28-24-20-8-6-4-2/h31-36H,3-30H2,1-2H3/q+2. The Balaban J connectivity index is 1.28. The summed E-state index contributed by atoms with van der Waals surface area (Å²) in [5, 5.41) is 0. The topological polar surface area (TPSA) is 17.6 Å². The summed E-state index contributed by atoms with van der Waals surface area (Å²) in [6, 6.07) is 0. The molecule has 2 aromatic rings. The number of hydrogen-bond donors (Lipinski definition) is 0. The summed E-state index contributed by atoms with van der Waals surface area (Å²) in [5.74, 6) is 0. The number of aryl methyl sites for hydroxylation is 4. The highest BCUT2D eigenvalue weighted by Gasteiger charge is 2.05. The van der Waals surface area contributed by atoms with Crippen molar-refractivity contribution in [3.8, 4) is 0 Å². The molecule has 230 valence electrons. The second-order valence-electron chi connectivity index (χ2n) is 12.6. The zero-order valence-electron chi connectivity index (χ0n) is 27.1. The molecule has 0 N–H and O–H groups in total. The van der Waals surface area contributed by atoms with Gasteiger partial charge in [0.15, 0.2) is 0 Å². The van der Waals surface area contributed by atoms with Crippen LogP contribution in [0.25, 0.3) is 0 Å². The second-order valence-corrected chi connectivity index (χ2v) is 12.6. The number of rotatable bonds is 29. The van der Waals surface area contributed by atoms with Crippen LogP contribution in [0, 0.1) is 0 Å². The van der Waals surface area contributed by atoms with E-state index in [4.69, 9.17) is 0 Å². The maximum Gasteiger partial charge on any atom is 0.243 e. The predicted octanol–water partition coefficient (Wildman–Crippen LogP) is 9.97. The first kappa shape index (κ1) is 34.6. The van der Waals surface area contributed by atoms with Crippen molar-refractivity contribution in [3.63, 3.8) is 0 Å². The lowest BCUT2D eigenvalue weighted by Gasteiger charge is -2.03. The Hall–Kier alpha value is -1.58. The molecule has 2 aromatic heterocycles. The van der Waals surface area contributed by atoms with E-state index in [1.165, 1.54) is 180 Å². The molecule has 40 heavy (non-hydrogen) atoms. The van der Waals surface area contributed by atoms with Gasteiger partial charge < -0.3 is 0 Å². The molecule has 2 rings (SSSR count). The average Bonchev–Trinajstić information content (AvgIpc) is 3.62. The molecule has 0 atom stereocenters. The van der Waals surface area contributed by atoms with Crippen LogP contribution in [-0.2, 0) is 26.2 Å². The maximum absolute atomic E-state index is 2.39. The van der Waals surface area contributed by atoms with E-state index in [1.54, 1.807) is 0 Å². The Morgan fingerprint density at radius 2 is 0.675 bits per heavy atom. The van der Waals surface area contributed by atoms with Crippen molar-refractivity contribution in [2.24, 2.45) is 0 Å². The van der Waals surface area contributed by atoms with Gasteiger partial charge in [0.1, 0.15) is 24.8 Å². The first-order valence-electron chi connectivity index (χ1n) is 17.9. The van der Waals surface area contributed by atoms with E-state index in [0.717, 1.165) is 0 Å². The molecule has 0 aliphatic rings. The minimum atomic E-state index is 1.19. The van der Waals surface area contributed by atoms with Gasteiger partial charge >= 0.3 is 0 Å². The molecule has 0 unspecified atom stereocenters. The summed E-state index contributed by atoms with van der Waals surface area (Å²) in [4.78, 5) is 0. The molecule has 0 aromatic carbocycles. The third-order valence-electron chi connectivity index (χ3n) is 8.61. The van der Waals surface area contributed by atoms with Gasteiger partial charge in [-0.1, -0.05) is 117 Å². The number of nitrogens with zero attached hydrogens (tertiary/aromatic N) is 4. The SMILES string of the molecule is CCCCCCC[n+]1ccn(CCCCCCCCCCCCCCCCn2cc[n+](CCCCCCC)c2)c1. The molecule has 0 spiro atoms. The Bertz CT molecular complexity index is 726. The zero-order chi connectivity index (χ0) is 28.4. The Kier molecular flexibility index (Phi) is 21.8. The zero-order valence-corrected chi connectivity index (χ0v) is 27.1. The predicted molar refractivity (Wildman–Crippen MR) is 171 cm³/mol. The van der Waals surface area contributed by atoms with Crippen LogP contribution in [0.3, 0.4) is 0 Å². The Morgan fingerprint density at radius 3 is 1.02 bits per heavy atom. The highest BCUT2D eigenvalue weighted by Crippen LogP contribution is 2.13. The Labute approximate surface area is 249 Å². The van der Waals surface area contributed by atoms with Gasteiger partial charge in [0.2, 0.25) is 12.7 Å². The van der Waals surface area contributed by atoms with Crippen molar-refractivity contribution >= 4 is 0 Å². The van der Waals surface area contributed by atoms with E-state index < -0.39 is 0 Å². The fourth-order valence-electron chi connectivity index (χ4n) is 5.91. The molecular weight excluding hydrogens is 488 g/mol. The van der Waals surface area contributed by atoms with E-state index in [1.807, 2.05) is 0 Å².